The summed E-state index contributed by atoms with van der Waals surface area (Å²) in [5.41, 5.74) is 0.259. The molecule has 2 aliphatic rings. The number of nitrogens with zero attached hydrogens (tertiary/aromatic N) is 1. The molecule has 0 radical (unpaired) electrons. The van der Waals surface area contributed by atoms with Gasteiger partial charge in [-0.15, -0.1) is 0 Å². The van der Waals surface area contributed by atoms with Crippen LogP contribution in [-0.4, -0.2) is 60.0 Å². The fourth-order valence-electron chi connectivity index (χ4n) is 3.39. The molecule has 0 heterocycles. The van der Waals surface area contributed by atoms with Gasteiger partial charge in [-0.05, 0) is 50.4 Å². The zero-order valence-electron chi connectivity index (χ0n) is 16.3. The summed E-state index contributed by atoms with van der Waals surface area (Å²) >= 11 is 0. The maximum absolute atomic E-state index is 12.1. The molecule has 0 aliphatic heterocycles. The summed E-state index contributed by atoms with van der Waals surface area (Å²) in [6.45, 7) is 5.24. The van der Waals surface area contributed by atoms with Crippen LogP contribution in [0.2, 0.25) is 0 Å². The summed E-state index contributed by atoms with van der Waals surface area (Å²) in [6, 6.07) is 0. The molecule has 0 aromatic rings. The second-order valence-corrected chi connectivity index (χ2v) is 9.61. The number of methoxy groups -OCH3 is 1. The highest BCUT2D eigenvalue weighted by Gasteiger charge is 2.36. The van der Waals surface area contributed by atoms with Gasteiger partial charge in [0.1, 0.15) is 0 Å². The van der Waals surface area contributed by atoms with Crippen LogP contribution in [0, 0.1) is 11.3 Å². The Bertz CT molecular complexity index is 543. The lowest BCUT2D eigenvalue weighted by Crippen LogP contribution is -2.43. The highest BCUT2D eigenvalue weighted by molar-refractivity contribution is 7.89. The second kappa shape index (κ2) is 10.5. The molecule has 2 aliphatic carbocycles. The van der Waals surface area contributed by atoms with Crippen LogP contribution in [0.1, 0.15) is 51.9 Å². The Kier molecular flexibility index (Phi) is 8.63. The summed E-state index contributed by atoms with van der Waals surface area (Å²) in [5.74, 6) is 1.30. The van der Waals surface area contributed by atoms with E-state index >= 15 is 0 Å². The molecule has 2 fully saturated rings. The topological polar surface area (TPSA) is 91.8 Å². The first-order chi connectivity index (χ1) is 12.5. The molecule has 0 atom stereocenters. The van der Waals surface area contributed by atoms with Gasteiger partial charge in [0.2, 0.25) is 10.0 Å². The van der Waals surface area contributed by atoms with Gasteiger partial charge in [0, 0.05) is 39.9 Å². The van der Waals surface area contributed by atoms with E-state index in [0.29, 0.717) is 25.0 Å². The molecule has 3 N–H and O–H groups in total. The number of hydrogen-bond acceptors (Lipinski definition) is 4. The van der Waals surface area contributed by atoms with E-state index in [1.165, 1.54) is 25.7 Å². The minimum Gasteiger partial charge on any atom is -0.385 e. The van der Waals surface area contributed by atoms with Gasteiger partial charge >= 0.3 is 0 Å². The van der Waals surface area contributed by atoms with E-state index < -0.39 is 10.0 Å². The number of hydrogen-bond donors (Lipinski definition) is 3. The van der Waals surface area contributed by atoms with Crippen molar-refractivity contribution in [2.45, 2.75) is 51.9 Å². The number of ether oxygens (including phenoxy) is 1. The van der Waals surface area contributed by atoms with Crippen LogP contribution in [0.4, 0.5) is 0 Å². The highest BCUT2D eigenvalue weighted by Crippen LogP contribution is 2.44. The van der Waals surface area contributed by atoms with Crippen LogP contribution in [0.25, 0.3) is 0 Å². The first-order valence-electron chi connectivity index (χ1n) is 9.97. The van der Waals surface area contributed by atoms with Gasteiger partial charge in [-0.25, -0.2) is 13.1 Å². The molecular weight excluding hydrogens is 352 g/mol. The average Bonchev–Trinajstić information content (AvgIpc) is 2.51. The molecule has 152 valence electrons. The first-order valence-corrected chi connectivity index (χ1v) is 11.6. The molecule has 7 nitrogen and oxygen atoms in total. The first kappa shape index (κ1) is 21.4. The standard InChI is InChI=1S/C18H36N4O3S/c1-3-19-17(21-15-18(8-5-9-18)10-12-25-2)20-11-13-26(23,24)22-14-16-6-4-7-16/h16,22H,3-15H2,1-2H3,(H2,19,20,21). The van der Waals surface area contributed by atoms with Crippen molar-refractivity contribution < 1.29 is 13.2 Å². The van der Waals surface area contributed by atoms with Crippen molar-refractivity contribution in [2.75, 3.05) is 45.6 Å². The van der Waals surface area contributed by atoms with Crippen molar-refractivity contribution in [3.8, 4) is 0 Å². The van der Waals surface area contributed by atoms with Crippen LogP contribution in [0.3, 0.4) is 0 Å². The monoisotopic (exact) mass is 388 g/mol. The number of nitrogens with one attached hydrogen (secondary N) is 3. The predicted octanol–water partition coefficient (Wildman–Crippen LogP) is 1.47. The van der Waals surface area contributed by atoms with E-state index in [4.69, 9.17) is 9.73 Å². The molecule has 0 aromatic carbocycles. The van der Waals surface area contributed by atoms with E-state index in [0.717, 1.165) is 39.0 Å². The van der Waals surface area contributed by atoms with Gasteiger partial charge in [0.05, 0.1) is 5.75 Å². The van der Waals surface area contributed by atoms with E-state index in [9.17, 15) is 8.42 Å². The molecule has 0 bridgehead atoms. The Hall–Kier alpha value is -0.860. The molecule has 26 heavy (non-hydrogen) atoms. The molecule has 2 saturated carbocycles. The van der Waals surface area contributed by atoms with Crippen molar-refractivity contribution >= 4 is 16.0 Å². The minimum atomic E-state index is -3.22. The largest absolute Gasteiger partial charge is 0.385 e. The van der Waals surface area contributed by atoms with Crippen LogP contribution in [0.15, 0.2) is 4.99 Å². The second-order valence-electron chi connectivity index (χ2n) is 7.68. The van der Waals surface area contributed by atoms with Gasteiger partial charge in [0.25, 0.3) is 0 Å². The van der Waals surface area contributed by atoms with Crippen molar-refractivity contribution in [3.63, 3.8) is 0 Å². The lowest BCUT2D eigenvalue weighted by Gasteiger charge is -2.40. The number of guanidine groups is 1. The molecule has 0 amide bonds. The Morgan fingerprint density at radius 2 is 2.00 bits per heavy atom. The number of aliphatic imine (C=N–C) groups is 1. The Balaban J connectivity index is 1.75. The van der Waals surface area contributed by atoms with E-state index in [-0.39, 0.29) is 11.2 Å². The lowest BCUT2D eigenvalue weighted by atomic mass is 9.67. The maximum atomic E-state index is 12.1. The molecular formula is C18H36N4O3S. The fraction of sp³-hybridized carbons (Fsp3) is 0.944. The third-order valence-electron chi connectivity index (χ3n) is 5.65. The quantitative estimate of drug-likeness (QED) is 0.348. The maximum Gasteiger partial charge on any atom is 0.213 e. The van der Waals surface area contributed by atoms with E-state index in [1.807, 2.05) is 6.92 Å². The van der Waals surface area contributed by atoms with Crippen molar-refractivity contribution in [1.29, 1.82) is 0 Å². The minimum absolute atomic E-state index is 0.0684. The Labute approximate surface area is 158 Å². The van der Waals surface area contributed by atoms with E-state index in [1.54, 1.807) is 7.11 Å². The summed E-state index contributed by atoms with van der Waals surface area (Å²) in [4.78, 5) is 4.70. The van der Waals surface area contributed by atoms with Gasteiger partial charge < -0.3 is 15.4 Å². The summed E-state index contributed by atoms with van der Waals surface area (Å²) in [6.07, 6.45) is 8.19. The van der Waals surface area contributed by atoms with Gasteiger partial charge in [-0.2, -0.15) is 0 Å². The van der Waals surface area contributed by atoms with Crippen LogP contribution in [-0.2, 0) is 14.8 Å². The van der Waals surface area contributed by atoms with Crippen molar-refractivity contribution in [2.24, 2.45) is 16.3 Å². The third-order valence-corrected chi connectivity index (χ3v) is 7.00. The third kappa shape index (κ3) is 7.04. The number of sulfonamides is 1. The lowest BCUT2D eigenvalue weighted by molar-refractivity contribution is 0.0778. The zero-order chi connectivity index (χ0) is 18.9. The van der Waals surface area contributed by atoms with Crippen LogP contribution in [0.5, 0.6) is 0 Å². The Morgan fingerprint density at radius 3 is 2.54 bits per heavy atom. The smallest absolute Gasteiger partial charge is 0.213 e. The molecule has 0 unspecified atom stereocenters. The molecule has 0 spiro atoms. The van der Waals surface area contributed by atoms with Gasteiger partial charge in [-0.1, -0.05) is 12.8 Å². The molecule has 8 heteroatoms. The molecule has 0 saturated heterocycles. The van der Waals surface area contributed by atoms with Crippen LogP contribution >= 0.6 is 0 Å². The summed E-state index contributed by atoms with van der Waals surface area (Å²) < 4.78 is 32.1. The number of rotatable bonds is 12. The zero-order valence-corrected chi connectivity index (χ0v) is 17.2. The van der Waals surface area contributed by atoms with Gasteiger partial charge in [0.15, 0.2) is 5.96 Å². The summed E-state index contributed by atoms with van der Waals surface area (Å²) in [7, 11) is -1.49. The Morgan fingerprint density at radius 1 is 1.23 bits per heavy atom. The van der Waals surface area contributed by atoms with Gasteiger partial charge in [-0.3, -0.25) is 4.99 Å². The van der Waals surface area contributed by atoms with E-state index in [2.05, 4.69) is 15.4 Å². The molecule has 2 rings (SSSR count). The van der Waals surface area contributed by atoms with Crippen molar-refractivity contribution in [3.05, 3.63) is 0 Å². The SMILES string of the molecule is CCNC(=NCC1(CCOC)CCC1)NCCS(=O)(=O)NCC1CCC1. The highest BCUT2D eigenvalue weighted by atomic mass is 32.2. The predicted molar refractivity (Wildman–Crippen MR) is 106 cm³/mol. The normalized spacial score (nSPS) is 20.3. The molecule has 0 aromatic heterocycles. The fourth-order valence-corrected chi connectivity index (χ4v) is 4.39. The average molecular weight is 389 g/mol. The van der Waals surface area contributed by atoms with Crippen molar-refractivity contribution in [1.82, 2.24) is 15.4 Å². The summed E-state index contributed by atoms with van der Waals surface area (Å²) in [5, 5.41) is 6.36. The van der Waals surface area contributed by atoms with Crippen LogP contribution < -0.4 is 15.4 Å².